The smallest absolute Gasteiger partial charge is 0.0702 e. The second kappa shape index (κ2) is 5.45. The van der Waals surface area contributed by atoms with E-state index in [1.807, 2.05) is 18.3 Å². The van der Waals surface area contributed by atoms with Gasteiger partial charge in [0, 0.05) is 11.8 Å². The van der Waals surface area contributed by atoms with E-state index in [1.54, 1.807) is 0 Å². The third-order valence-corrected chi connectivity index (χ3v) is 4.66. The summed E-state index contributed by atoms with van der Waals surface area (Å²) in [6.07, 6.45) is 1.84. The third kappa shape index (κ3) is 2.56. The zero-order valence-electron chi connectivity index (χ0n) is 14.4. The van der Waals surface area contributed by atoms with E-state index in [4.69, 9.17) is 0 Å². The van der Waals surface area contributed by atoms with Crippen molar-refractivity contribution in [1.82, 2.24) is 4.98 Å². The van der Waals surface area contributed by atoms with Crippen molar-refractivity contribution in [2.75, 3.05) is 0 Å². The van der Waals surface area contributed by atoms with E-state index in [1.165, 1.54) is 27.1 Å². The van der Waals surface area contributed by atoms with E-state index >= 15 is 0 Å². The molecule has 0 radical (unpaired) electrons. The molecule has 0 unspecified atom stereocenters. The van der Waals surface area contributed by atoms with Crippen molar-refractivity contribution in [1.29, 1.82) is 0 Å². The molecule has 3 aromatic carbocycles. The van der Waals surface area contributed by atoms with Crippen LogP contribution in [0.2, 0.25) is 0 Å². The molecule has 0 saturated carbocycles. The predicted octanol–water partition coefficient (Wildman–Crippen LogP) is 6.35. The number of rotatable bonds is 1. The van der Waals surface area contributed by atoms with Gasteiger partial charge in [-0.15, -0.1) is 0 Å². The highest BCUT2D eigenvalue weighted by Crippen LogP contribution is 2.32. The van der Waals surface area contributed by atoms with Crippen molar-refractivity contribution in [3.8, 4) is 11.3 Å². The van der Waals surface area contributed by atoms with Crippen molar-refractivity contribution in [3.63, 3.8) is 0 Å². The fraction of sp³-hybridized carbons (Fsp3) is 0.174. The zero-order valence-corrected chi connectivity index (χ0v) is 14.4. The Labute approximate surface area is 143 Å². The van der Waals surface area contributed by atoms with Crippen molar-refractivity contribution in [2.24, 2.45) is 0 Å². The Balaban J connectivity index is 1.90. The molecule has 0 spiro atoms. The summed E-state index contributed by atoms with van der Waals surface area (Å²) >= 11 is 0. The van der Waals surface area contributed by atoms with Crippen LogP contribution in [0.25, 0.3) is 32.8 Å². The number of pyridine rings is 1. The second-order valence-corrected chi connectivity index (χ2v) is 7.40. The Kier molecular flexibility index (Phi) is 3.38. The van der Waals surface area contributed by atoms with Crippen molar-refractivity contribution < 1.29 is 0 Å². The molecule has 0 saturated heterocycles. The molecule has 1 nitrogen and oxygen atoms in total. The third-order valence-electron chi connectivity index (χ3n) is 4.66. The Bertz CT molecular complexity index is 1020. The number of benzene rings is 3. The number of hydrogen-bond donors (Lipinski definition) is 0. The minimum absolute atomic E-state index is 0.173. The quantitative estimate of drug-likeness (QED) is 0.373. The molecule has 0 fully saturated rings. The average Bonchev–Trinajstić information content (AvgIpc) is 2.60. The maximum Gasteiger partial charge on any atom is 0.0702 e. The van der Waals surface area contributed by atoms with Crippen LogP contribution >= 0.6 is 0 Å². The van der Waals surface area contributed by atoms with E-state index in [-0.39, 0.29) is 5.41 Å². The van der Waals surface area contributed by atoms with Gasteiger partial charge in [0.2, 0.25) is 0 Å². The number of aromatic nitrogens is 1. The minimum Gasteiger partial charge on any atom is -0.256 e. The predicted molar refractivity (Wildman–Crippen MR) is 103 cm³/mol. The molecule has 0 N–H and O–H groups in total. The first kappa shape index (κ1) is 14.9. The lowest BCUT2D eigenvalue weighted by Gasteiger charge is -2.19. The second-order valence-electron chi connectivity index (χ2n) is 7.40. The Morgan fingerprint density at radius 2 is 1.42 bits per heavy atom. The standard InChI is InChI=1S/C23H21N/c1-23(2,3)19-10-12-21-17(15-19)8-7-16-14-18(9-11-20(16)21)22-6-4-5-13-24-22/h4-15H,1-3H3. The summed E-state index contributed by atoms with van der Waals surface area (Å²) in [6, 6.07) is 23.9. The van der Waals surface area contributed by atoms with Crippen LogP contribution in [0.3, 0.4) is 0 Å². The van der Waals surface area contributed by atoms with Crippen LogP contribution in [-0.2, 0) is 5.41 Å². The fourth-order valence-corrected chi connectivity index (χ4v) is 3.23. The molecule has 1 aromatic heterocycles. The van der Waals surface area contributed by atoms with E-state index in [0.29, 0.717) is 0 Å². The molecule has 0 atom stereocenters. The monoisotopic (exact) mass is 311 g/mol. The maximum absolute atomic E-state index is 4.46. The summed E-state index contributed by atoms with van der Waals surface area (Å²) in [5.41, 5.74) is 3.72. The Morgan fingerprint density at radius 3 is 2.08 bits per heavy atom. The molecule has 118 valence electrons. The van der Waals surface area contributed by atoms with Crippen LogP contribution in [0.5, 0.6) is 0 Å². The summed E-state index contributed by atoms with van der Waals surface area (Å²) in [6.45, 7) is 6.77. The normalized spacial score (nSPS) is 12.0. The molecule has 0 aliphatic rings. The Morgan fingerprint density at radius 1 is 0.708 bits per heavy atom. The van der Waals surface area contributed by atoms with Crippen LogP contribution in [0, 0.1) is 0 Å². The van der Waals surface area contributed by atoms with Gasteiger partial charge in [-0.2, -0.15) is 0 Å². The lowest BCUT2D eigenvalue weighted by Crippen LogP contribution is -2.10. The van der Waals surface area contributed by atoms with Crippen molar-refractivity contribution in [3.05, 3.63) is 78.5 Å². The lowest BCUT2D eigenvalue weighted by atomic mass is 9.85. The summed E-state index contributed by atoms with van der Waals surface area (Å²) in [5, 5.41) is 5.18. The topological polar surface area (TPSA) is 12.9 Å². The van der Waals surface area contributed by atoms with Gasteiger partial charge in [0.15, 0.2) is 0 Å². The summed E-state index contributed by atoms with van der Waals surface area (Å²) in [7, 11) is 0. The fourth-order valence-electron chi connectivity index (χ4n) is 3.23. The molecule has 0 aliphatic heterocycles. The molecule has 0 amide bonds. The van der Waals surface area contributed by atoms with Crippen LogP contribution in [0.4, 0.5) is 0 Å². The molecule has 1 heterocycles. The highest BCUT2D eigenvalue weighted by Gasteiger charge is 2.14. The molecule has 4 rings (SSSR count). The van der Waals surface area contributed by atoms with E-state index in [2.05, 4.69) is 80.4 Å². The van der Waals surface area contributed by atoms with Gasteiger partial charge >= 0.3 is 0 Å². The molecule has 0 bridgehead atoms. The Hall–Kier alpha value is -2.67. The number of fused-ring (bicyclic) bond motifs is 3. The van der Waals surface area contributed by atoms with Gasteiger partial charge < -0.3 is 0 Å². The van der Waals surface area contributed by atoms with Crippen LogP contribution in [0.15, 0.2) is 72.9 Å². The maximum atomic E-state index is 4.46. The average molecular weight is 311 g/mol. The van der Waals surface area contributed by atoms with Gasteiger partial charge in [0.05, 0.1) is 5.69 Å². The molecular weight excluding hydrogens is 290 g/mol. The van der Waals surface area contributed by atoms with Crippen LogP contribution in [-0.4, -0.2) is 4.98 Å². The lowest BCUT2D eigenvalue weighted by molar-refractivity contribution is 0.591. The minimum atomic E-state index is 0.173. The molecule has 4 aromatic rings. The van der Waals surface area contributed by atoms with Gasteiger partial charge in [0.25, 0.3) is 0 Å². The van der Waals surface area contributed by atoms with Gasteiger partial charge in [-0.1, -0.05) is 69.3 Å². The van der Waals surface area contributed by atoms with Gasteiger partial charge in [0.1, 0.15) is 0 Å². The van der Waals surface area contributed by atoms with Gasteiger partial charge in [-0.05, 0) is 50.7 Å². The van der Waals surface area contributed by atoms with Crippen LogP contribution < -0.4 is 0 Å². The largest absolute Gasteiger partial charge is 0.256 e. The van der Waals surface area contributed by atoms with E-state index in [0.717, 1.165) is 11.3 Å². The molecule has 0 aliphatic carbocycles. The molecule has 24 heavy (non-hydrogen) atoms. The summed E-state index contributed by atoms with van der Waals surface area (Å²) in [5.74, 6) is 0. The van der Waals surface area contributed by atoms with Gasteiger partial charge in [-0.25, -0.2) is 0 Å². The molecule has 1 heteroatoms. The summed E-state index contributed by atoms with van der Waals surface area (Å²) < 4.78 is 0. The van der Waals surface area contributed by atoms with Crippen molar-refractivity contribution >= 4 is 21.5 Å². The van der Waals surface area contributed by atoms with E-state index < -0.39 is 0 Å². The van der Waals surface area contributed by atoms with E-state index in [9.17, 15) is 0 Å². The first-order chi connectivity index (χ1) is 11.5. The highest BCUT2D eigenvalue weighted by molar-refractivity contribution is 6.08. The number of nitrogens with zero attached hydrogens (tertiary/aromatic N) is 1. The molecular formula is C23H21N. The van der Waals surface area contributed by atoms with Gasteiger partial charge in [-0.3, -0.25) is 4.98 Å². The van der Waals surface area contributed by atoms with Crippen molar-refractivity contribution in [2.45, 2.75) is 26.2 Å². The van der Waals surface area contributed by atoms with Crippen LogP contribution in [0.1, 0.15) is 26.3 Å². The highest BCUT2D eigenvalue weighted by atomic mass is 14.7. The SMILES string of the molecule is CC(C)(C)c1ccc2c(ccc3cc(-c4ccccn4)ccc32)c1. The summed E-state index contributed by atoms with van der Waals surface area (Å²) in [4.78, 5) is 4.46. The zero-order chi connectivity index (χ0) is 16.7. The number of hydrogen-bond acceptors (Lipinski definition) is 1. The first-order valence-electron chi connectivity index (χ1n) is 8.41. The first-order valence-corrected chi connectivity index (χ1v) is 8.41.